The minimum absolute atomic E-state index is 0.175. The highest BCUT2D eigenvalue weighted by Crippen LogP contribution is 2.52. The van der Waals surface area contributed by atoms with E-state index in [1.807, 2.05) is 12.1 Å². The third-order valence-corrected chi connectivity index (χ3v) is 6.81. The van der Waals surface area contributed by atoms with Crippen LogP contribution in [0.5, 0.6) is 0 Å². The third kappa shape index (κ3) is 2.62. The van der Waals surface area contributed by atoms with Crippen molar-refractivity contribution in [3.63, 3.8) is 0 Å². The molecule has 4 atom stereocenters. The van der Waals surface area contributed by atoms with E-state index in [0.29, 0.717) is 16.5 Å². The summed E-state index contributed by atoms with van der Waals surface area (Å²) >= 11 is 9.48. The molecule has 1 aromatic carbocycles. The molecule has 1 aromatic heterocycles. The number of hydrogen-bond acceptors (Lipinski definition) is 4. The highest BCUT2D eigenvalue weighted by Gasteiger charge is 2.59. The van der Waals surface area contributed by atoms with Gasteiger partial charge in [0.1, 0.15) is 11.5 Å². The lowest BCUT2D eigenvalue weighted by Gasteiger charge is -2.13. The van der Waals surface area contributed by atoms with Crippen molar-refractivity contribution >= 4 is 45.6 Å². The number of fused-ring (bicyclic) bond motifs is 5. The lowest BCUT2D eigenvalue weighted by atomic mass is 9.85. The van der Waals surface area contributed by atoms with Crippen LogP contribution in [-0.4, -0.2) is 23.0 Å². The summed E-state index contributed by atoms with van der Waals surface area (Å²) < 4.78 is 6.57. The predicted molar refractivity (Wildman–Crippen MR) is 104 cm³/mol. The van der Waals surface area contributed by atoms with Gasteiger partial charge in [0.15, 0.2) is 0 Å². The Balaban J connectivity index is 1.36. The van der Waals surface area contributed by atoms with E-state index in [-0.39, 0.29) is 35.5 Å². The van der Waals surface area contributed by atoms with Crippen LogP contribution in [0.15, 0.2) is 56.5 Å². The molecule has 2 bridgehead atoms. The van der Waals surface area contributed by atoms with Gasteiger partial charge in [0.2, 0.25) is 0 Å². The van der Waals surface area contributed by atoms with Crippen LogP contribution in [-0.2, 0) is 9.59 Å². The van der Waals surface area contributed by atoms with E-state index in [0.717, 1.165) is 21.5 Å². The number of carbonyl (C=O) groups excluding carboxylic acids is 2. The summed E-state index contributed by atoms with van der Waals surface area (Å²) in [5.41, 5.74) is 0.827. The van der Waals surface area contributed by atoms with Crippen molar-refractivity contribution in [3.05, 3.63) is 57.7 Å². The minimum Gasteiger partial charge on any atom is -0.455 e. The highest BCUT2D eigenvalue weighted by atomic mass is 79.9. The maximum atomic E-state index is 12.6. The average Bonchev–Trinajstić information content (AvgIpc) is 3.41. The first-order chi connectivity index (χ1) is 13.0. The fourth-order valence-electron chi connectivity index (χ4n) is 4.34. The second kappa shape index (κ2) is 6.17. The van der Waals surface area contributed by atoms with Gasteiger partial charge in [-0.1, -0.05) is 29.8 Å². The highest BCUT2D eigenvalue weighted by molar-refractivity contribution is 9.10. The molecule has 136 valence electrons. The number of furan rings is 1. The Morgan fingerprint density at radius 3 is 2.48 bits per heavy atom. The fourth-order valence-corrected chi connectivity index (χ4v) is 4.77. The minimum atomic E-state index is -0.248. The van der Waals surface area contributed by atoms with Crippen molar-refractivity contribution in [2.75, 3.05) is 0 Å². The molecule has 0 spiro atoms. The molecule has 7 heteroatoms. The van der Waals surface area contributed by atoms with Gasteiger partial charge in [-0.15, -0.1) is 0 Å². The largest absolute Gasteiger partial charge is 0.455 e. The van der Waals surface area contributed by atoms with E-state index in [9.17, 15) is 9.59 Å². The second-order valence-corrected chi connectivity index (χ2v) is 8.33. The average molecular weight is 446 g/mol. The molecule has 2 fully saturated rings. The summed E-state index contributed by atoms with van der Waals surface area (Å²) in [4.78, 5) is 25.2. The van der Waals surface area contributed by atoms with Gasteiger partial charge in [-0.25, -0.2) is 0 Å². The van der Waals surface area contributed by atoms with E-state index in [2.05, 4.69) is 33.2 Å². The number of amides is 2. The number of imide groups is 1. The van der Waals surface area contributed by atoms with Gasteiger partial charge < -0.3 is 4.42 Å². The van der Waals surface area contributed by atoms with Crippen LogP contribution in [0.3, 0.4) is 0 Å². The molecule has 2 heterocycles. The number of nitrogens with zero attached hydrogens (tertiary/aromatic N) is 2. The topological polar surface area (TPSA) is 62.9 Å². The SMILES string of the molecule is O=C1[C@@H]2[C@H](C(=O)N1N=Cc1ccc(-c3ccc(Br)c(Cl)c3)o1)[C@H]1C=C[C@H]2C1. The number of benzene rings is 1. The molecule has 1 aliphatic heterocycles. The van der Waals surface area contributed by atoms with Gasteiger partial charge in [0, 0.05) is 10.0 Å². The molecule has 5 nitrogen and oxygen atoms in total. The molecule has 1 saturated heterocycles. The van der Waals surface area contributed by atoms with Crippen LogP contribution < -0.4 is 0 Å². The van der Waals surface area contributed by atoms with Crippen molar-refractivity contribution in [2.24, 2.45) is 28.8 Å². The van der Waals surface area contributed by atoms with E-state index in [1.165, 1.54) is 6.21 Å². The maximum Gasteiger partial charge on any atom is 0.254 e. The number of halogens is 2. The quantitative estimate of drug-likeness (QED) is 0.397. The molecule has 27 heavy (non-hydrogen) atoms. The Hall–Kier alpha value is -2.18. The molecular weight excluding hydrogens is 432 g/mol. The first kappa shape index (κ1) is 17.0. The van der Waals surface area contributed by atoms with Crippen LogP contribution in [0.25, 0.3) is 11.3 Å². The van der Waals surface area contributed by atoms with Crippen LogP contribution in [0.4, 0.5) is 0 Å². The van der Waals surface area contributed by atoms with Crippen molar-refractivity contribution in [1.29, 1.82) is 0 Å². The zero-order valence-electron chi connectivity index (χ0n) is 14.0. The molecule has 1 saturated carbocycles. The number of hydrogen-bond donors (Lipinski definition) is 0. The van der Waals surface area contributed by atoms with Gasteiger partial charge >= 0.3 is 0 Å². The monoisotopic (exact) mass is 444 g/mol. The number of allylic oxidation sites excluding steroid dienone is 2. The zero-order chi connectivity index (χ0) is 18.7. The van der Waals surface area contributed by atoms with Gasteiger partial charge in [-0.05, 0) is 58.5 Å². The Morgan fingerprint density at radius 2 is 1.81 bits per heavy atom. The first-order valence-electron chi connectivity index (χ1n) is 8.68. The Bertz CT molecular complexity index is 998. The Labute approximate surface area is 168 Å². The van der Waals surface area contributed by atoms with E-state index >= 15 is 0 Å². The van der Waals surface area contributed by atoms with Gasteiger partial charge in [0.05, 0.1) is 23.1 Å². The molecule has 5 rings (SSSR count). The molecule has 0 unspecified atom stereocenters. The summed E-state index contributed by atoms with van der Waals surface area (Å²) in [5.74, 6) is 0.535. The normalized spacial score (nSPS) is 28.7. The van der Waals surface area contributed by atoms with E-state index in [4.69, 9.17) is 16.0 Å². The lowest BCUT2D eigenvalue weighted by molar-refractivity contribution is -0.140. The fraction of sp³-hybridized carbons (Fsp3) is 0.250. The number of hydrazone groups is 1. The van der Waals surface area contributed by atoms with Crippen molar-refractivity contribution in [3.8, 4) is 11.3 Å². The summed E-state index contributed by atoms with van der Waals surface area (Å²) in [6, 6.07) is 9.06. The van der Waals surface area contributed by atoms with E-state index < -0.39 is 0 Å². The number of rotatable bonds is 3. The van der Waals surface area contributed by atoms with Crippen LogP contribution >= 0.6 is 27.5 Å². The molecule has 0 radical (unpaired) electrons. The van der Waals surface area contributed by atoms with Crippen molar-refractivity contribution < 1.29 is 14.0 Å². The molecule has 3 aliphatic rings. The second-order valence-electron chi connectivity index (χ2n) is 7.06. The van der Waals surface area contributed by atoms with Crippen molar-refractivity contribution in [2.45, 2.75) is 6.42 Å². The molecule has 0 N–H and O–H groups in total. The molecule has 2 amide bonds. The smallest absolute Gasteiger partial charge is 0.254 e. The molecule has 2 aliphatic carbocycles. The Kier molecular flexibility index (Phi) is 3.88. The lowest BCUT2D eigenvalue weighted by Crippen LogP contribution is -2.28. The Morgan fingerprint density at radius 1 is 1.11 bits per heavy atom. The van der Waals surface area contributed by atoms with Gasteiger partial charge in [0.25, 0.3) is 11.8 Å². The van der Waals surface area contributed by atoms with Crippen LogP contribution in [0.1, 0.15) is 12.2 Å². The van der Waals surface area contributed by atoms with Gasteiger partial charge in [-0.3, -0.25) is 9.59 Å². The van der Waals surface area contributed by atoms with Crippen LogP contribution in [0.2, 0.25) is 5.02 Å². The first-order valence-corrected chi connectivity index (χ1v) is 9.85. The molecular formula is C20H14BrClN2O3. The summed E-state index contributed by atoms with van der Waals surface area (Å²) in [7, 11) is 0. The van der Waals surface area contributed by atoms with Crippen molar-refractivity contribution in [1.82, 2.24) is 5.01 Å². The third-order valence-electron chi connectivity index (χ3n) is 5.58. The summed E-state index contributed by atoms with van der Waals surface area (Å²) in [5, 5.41) is 5.73. The van der Waals surface area contributed by atoms with Crippen LogP contribution in [0, 0.1) is 23.7 Å². The summed E-state index contributed by atoms with van der Waals surface area (Å²) in [6.07, 6.45) is 6.44. The predicted octanol–water partition coefficient (Wildman–Crippen LogP) is 4.50. The molecule has 2 aromatic rings. The number of carbonyl (C=O) groups is 2. The summed E-state index contributed by atoms with van der Waals surface area (Å²) in [6.45, 7) is 0. The maximum absolute atomic E-state index is 12.6. The van der Waals surface area contributed by atoms with E-state index in [1.54, 1.807) is 18.2 Å². The zero-order valence-corrected chi connectivity index (χ0v) is 16.4. The van der Waals surface area contributed by atoms with Gasteiger partial charge in [-0.2, -0.15) is 10.1 Å². The standard InChI is InChI=1S/C20H14BrClN2O3/c21-14-5-3-10(8-15(14)22)16-6-4-13(27-16)9-23-24-19(25)17-11-1-2-12(7-11)18(17)20(24)26/h1-6,8-9,11-12,17-18H,7H2/t11-,12-,17-,18+/m0/s1.